The van der Waals surface area contributed by atoms with Gasteiger partial charge in [-0.3, -0.25) is 9.98 Å². The maximum absolute atomic E-state index is 5.00. The highest BCUT2D eigenvalue weighted by molar-refractivity contribution is 5.83. The number of hydrogen-bond acceptors (Lipinski definition) is 7. The molecule has 0 aliphatic carbocycles. The van der Waals surface area contributed by atoms with Gasteiger partial charge in [0.25, 0.3) is 0 Å². The van der Waals surface area contributed by atoms with Gasteiger partial charge in [0.1, 0.15) is 0 Å². The summed E-state index contributed by atoms with van der Waals surface area (Å²) < 4.78 is 0. The second-order valence-corrected chi connectivity index (χ2v) is 9.39. The van der Waals surface area contributed by atoms with Crippen LogP contribution in [0.1, 0.15) is 44.6 Å². The molecule has 2 unspecified atom stereocenters. The van der Waals surface area contributed by atoms with E-state index < -0.39 is 0 Å². The minimum absolute atomic E-state index is 0.0546. The van der Waals surface area contributed by atoms with Crippen LogP contribution in [0.5, 0.6) is 0 Å². The van der Waals surface area contributed by atoms with Gasteiger partial charge in [0, 0.05) is 35.6 Å². The molecule has 3 aliphatic rings. The summed E-state index contributed by atoms with van der Waals surface area (Å²) in [5.74, 6) is 1.07. The fourth-order valence-corrected chi connectivity index (χ4v) is 5.25. The van der Waals surface area contributed by atoms with Crippen molar-refractivity contribution in [2.75, 3.05) is 4.90 Å². The molecule has 3 aromatic heterocycles. The number of pyridine rings is 1. The normalized spacial score (nSPS) is 23.7. The first-order valence-corrected chi connectivity index (χ1v) is 10.5. The van der Waals surface area contributed by atoms with Crippen molar-refractivity contribution in [2.45, 2.75) is 50.6 Å². The zero-order valence-electron chi connectivity index (χ0n) is 18.0. The van der Waals surface area contributed by atoms with Crippen LogP contribution >= 0.6 is 0 Å². The van der Waals surface area contributed by atoms with Crippen molar-refractivity contribution < 1.29 is 0 Å². The molecule has 0 aromatic carbocycles. The average Bonchev–Trinajstić information content (AvgIpc) is 2.79. The predicted molar refractivity (Wildman–Crippen MR) is 120 cm³/mol. The molecule has 0 fully saturated rings. The van der Waals surface area contributed by atoms with Crippen LogP contribution < -0.4 is 4.90 Å². The number of fused-ring (bicyclic) bond motifs is 4. The summed E-state index contributed by atoms with van der Waals surface area (Å²) in [6, 6.07) is 4.05. The minimum atomic E-state index is -0.324. The van der Waals surface area contributed by atoms with Crippen LogP contribution in [-0.2, 0) is 10.8 Å². The molecule has 6 heterocycles. The van der Waals surface area contributed by atoms with Crippen molar-refractivity contribution in [2.24, 2.45) is 4.99 Å². The number of allylic oxidation sites excluding steroid dienone is 1. The first-order chi connectivity index (χ1) is 14.9. The van der Waals surface area contributed by atoms with Crippen molar-refractivity contribution in [1.29, 1.82) is 0 Å². The molecule has 7 heteroatoms. The summed E-state index contributed by atoms with van der Waals surface area (Å²) in [6.07, 6.45) is 13.4. The Hall–Kier alpha value is -3.48. The lowest BCUT2D eigenvalue weighted by molar-refractivity contribution is 0.348. The summed E-state index contributed by atoms with van der Waals surface area (Å²) in [5.41, 5.74) is 4.91. The Balaban J connectivity index is 1.65. The maximum Gasteiger partial charge on any atom is 0.198 e. The Labute approximate surface area is 181 Å². The summed E-state index contributed by atoms with van der Waals surface area (Å²) in [4.78, 5) is 30.4. The van der Waals surface area contributed by atoms with Crippen LogP contribution in [0, 0.1) is 0 Å². The van der Waals surface area contributed by atoms with E-state index in [1.165, 1.54) is 11.3 Å². The van der Waals surface area contributed by atoms with Crippen molar-refractivity contribution in [3.05, 3.63) is 66.0 Å². The molecule has 0 N–H and O–H groups in total. The van der Waals surface area contributed by atoms with Gasteiger partial charge in [-0.1, -0.05) is 19.9 Å². The van der Waals surface area contributed by atoms with Gasteiger partial charge in [-0.15, -0.1) is 0 Å². The van der Waals surface area contributed by atoms with E-state index in [9.17, 15) is 0 Å². The van der Waals surface area contributed by atoms with Crippen LogP contribution in [0.2, 0.25) is 0 Å². The van der Waals surface area contributed by atoms with E-state index in [-0.39, 0.29) is 22.9 Å². The van der Waals surface area contributed by atoms with Gasteiger partial charge in [0.2, 0.25) is 0 Å². The Morgan fingerprint density at radius 3 is 2.52 bits per heavy atom. The van der Waals surface area contributed by atoms with E-state index in [0.717, 1.165) is 17.1 Å². The minimum Gasteiger partial charge on any atom is -0.328 e. The predicted octanol–water partition coefficient (Wildman–Crippen LogP) is 3.78. The number of dihydropyridines is 1. The molecule has 0 saturated heterocycles. The molecule has 0 saturated carbocycles. The van der Waals surface area contributed by atoms with E-state index >= 15 is 0 Å². The average molecular weight is 409 g/mol. The summed E-state index contributed by atoms with van der Waals surface area (Å²) >= 11 is 0. The van der Waals surface area contributed by atoms with Crippen molar-refractivity contribution in [1.82, 2.24) is 24.9 Å². The molecule has 0 bridgehead atoms. The first kappa shape index (κ1) is 18.3. The highest BCUT2D eigenvalue weighted by Gasteiger charge is 2.52. The SMILES string of the molecule is CC1(C)c2ccnc3c2N(c2cnc(-c4ncccn4)nc21)C1C=CC=NC1C3(C)C. The number of hydrogen-bond donors (Lipinski definition) is 0. The molecular formula is C24H23N7. The van der Waals surface area contributed by atoms with Gasteiger partial charge in [0.15, 0.2) is 11.6 Å². The highest BCUT2D eigenvalue weighted by atomic mass is 15.3. The van der Waals surface area contributed by atoms with Crippen molar-refractivity contribution in [3.8, 4) is 11.6 Å². The molecule has 0 radical (unpaired) electrons. The zero-order chi connectivity index (χ0) is 21.4. The Morgan fingerprint density at radius 2 is 1.71 bits per heavy atom. The smallest absolute Gasteiger partial charge is 0.198 e. The Morgan fingerprint density at radius 1 is 0.903 bits per heavy atom. The van der Waals surface area contributed by atoms with Crippen molar-refractivity contribution in [3.63, 3.8) is 0 Å². The zero-order valence-corrected chi connectivity index (χ0v) is 18.0. The first-order valence-electron chi connectivity index (χ1n) is 10.5. The highest BCUT2D eigenvalue weighted by Crippen LogP contribution is 2.56. The monoisotopic (exact) mass is 409 g/mol. The Kier molecular flexibility index (Phi) is 3.56. The molecule has 154 valence electrons. The van der Waals surface area contributed by atoms with Gasteiger partial charge in [0.05, 0.1) is 41.0 Å². The topological polar surface area (TPSA) is 80.0 Å². The van der Waals surface area contributed by atoms with Gasteiger partial charge >= 0.3 is 0 Å². The molecule has 7 nitrogen and oxygen atoms in total. The molecule has 6 rings (SSSR count). The van der Waals surface area contributed by atoms with Gasteiger partial charge in [-0.25, -0.2) is 19.9 Å². The molecule has 0 spiro atoms. The molecule has 31 heavy (non-hydrogen) atoms. The molecule has 0 amide bonds. The third-order valence-corrected chi connectivity index (χ3v) is 6.84. The Bertz CT molecular complexity index is 1260. The van der Waals surface area contributed by atoms with Crippen LogP contribution in [0.15, 0.2) is 54.1 Å². The second kappa shape index (κ2) is 6.03. The lowest BCUT2D eigenvalue weighted by Crippen LogP contribution is -2.56. The molecular weight excluding hydrogens is 386 g/mol. The van der Waals surface area contributed by atoms with Gasteiger partial charge in [-0.2, -0.15) is 0 Å². The summed E-state index contributed by atoms with van der Waals surface area (Å²) in [6.45, 7) is 8.93. The summed E-state index contributed by atoms with van der Waals surface area (Å²) in [7, 11) is 0. The largest absolute Gasteiger partial charge is 0.328 e. The lowest BCUT2D eigenvalue weighted by Gasteiger charge is -2.53. The van der Waals surface area contributed by atoms with E-state index in [1.54, 1.807) is 18.5 Å². The lowest BCUT2D eigenvalue weighted by atomic mass is 9.67. The fraction of sp³-hybridized carbons (Fsp3) is 0.333. The quantitative estimate of drug-likeness (QED) is 0.609. The van der Waals surface area contributed by atoms with E-state index in [1.807, 2.05) is 24.7 Å². The van der Waals surface area contributed by atoms with Crippen LogP contribution in [0.25, 0.3) is 11.6 Å². The molecule has 3 aliphatic heterocycles. The second-order valence-electron chi connectivity index (χ2n) is 9.39. The van der Waals surface area contributed by atoms with Crippen LogP contribution in [0.3, 0.4) is 0 Å². The number of anilines is 2. The summed E-state index contributed by atoms with van der Waals surface area (Å²) in [5, 5.41) is 0. The number of aliphatic imine (C=N–C) groups is 1. The standard InChI is InChI=1S/C24H23N7/c1-23(2)14-8-12-26-20-17(14)31(15-7-5-9-25-18(15)24(20,3)4)16-13-29-22(30-19(16)23)21-27-10-6-11-28-21/h5-13,15,18H,1-4H3. The van der Waals surface area contributed by atoms with Crippen LogP contribution in [0.4, 0.5) is 11.4 Å². The van der Waals surface area contributed by atoms with Gasteiger partial charge < -0.3 is 4.90 Å². The van der Waals surface area contributed by atoms with E-state index in [4.69, 9.17) is 15.0 Å². The number of rotatable bonds is 1. The maximum atomic E-state index is 5.00. The van der Waals surface area contributed by atoms with Crippen LogP contribution in [-0.4, -0.2) is 43.2 Å². The third kappa shape index (κ3) is 2.34. The number of nitrogens with zero attached hydrogens (tertiary/aromatic N) is 7. The fourth-order valence-electron chi connectivity index (χ4n) is 5.25. The van der Waals surface area contributed by atoms with Crippen molar-refractivity contribution >= 4 is 17.6 Å². The third-order valence-electron chi connectivity index (χ3n) is 6.84. The van der Waals surface area contributed by atoms with E-state index in [0.29, 0.717) is 11.6 Å². The number of aromatic nitrogens is 5. The molecule has 2 atom stereocenters. The van der Waals surface area contributed by atoms with E-state index in [2.05, 4.69) is 59.7 Å². The van der Waals surface area contributed by atoms with Gasteiger partial charge in [-0.05, 0) is 37.6 Å². The molecule has 3 aromatic rings.